The zero-order valence-electron chi connectivity index (χ0n) is 13.5. The second kappa shape index (κ2) is 7.73. The van der Waals surface area contributed by atoms with Crippen LogP contribution in [0.1, 0.15) is 30.0 Å². The van der Waals surface area contributed by atoms with Gasteiger partial charge < -0.3 is 10.2 Å². The Kier molecular flexibility index (Phi) is 5.21. The third kappa shape index (κ3) is 3.98. The van der Waals surface area contributed by atoms with Crippen LogP contribution in [0.4, 0.5) is 0 Å². The van der Waals surface area contributed by atoms with E-state index in [0.717, 1.165) is 11.1 Å². The van der Waals surface area contributed by atoms with Crippen LogP contribution in [0, 0.1) is 0 Å². The fourth-order valence-electron chi connectivity index (χ4n) is 3.05. The summed E-state index contributed by atoms with van der Waals surface area (Å²) in [6, 6.07) is 13.4. The van der Waals surface area contributed by atoms with Crippen LogP contribution >= 0.6 is 0 Å². The Morgan fingerprint density at radius 1 is 1.17 bits per heavy atom. The summed E-state index contributed by atoms with van der Waals surface area (Å²) >= 11 is 0. The van der Waals surface area contributed by atoms with Crippen LogP contribution in [0.2, 0.25) is 0 Å². The minimum absolute atomic E-state index is 0.00622. The van der Waals surface area contributed by atoms with Crippen molar-refractivity contribution in [2.45, 2.75) is 25.3 Å². The fraction of sp³-hybridized carbons (Fsp3) is 0.316. The van der Waals surface area contributed by atoms with Crippen LogP contribution < -0.4 is 5.32 Å². The summed E-state index contributed by atoms with van der Waals surface area (Å²) < 4.78 is 0. The number of nitrogens with one attached hydrogen (secondary N) is 1. The lowest BCUT2D eigenvalue weighted by Crippen LogP contribution is -2.36. The van der Waals surface area contributed by atoms with Crippen LogP contribution in [0.25, 0.3) is 0 Å². The van der Waals surface area contributed by atoms with Gasteiger partial charge in [-0.2, -0.15) is 0 Å². The van der Waals surface area contributed by atoms with Gasteiger partial charge in [0, 0.05) is 31.9 Å². The summed E-state index contributed by atoms with van der Waals surface area (Å²) in [7, 11) is 0. The normalized spacial score (nSPS) is 17.9. The summed E-state index contributed by atoms with van der Waals surface area (Å²) in [5.74, 6) is 0.0745. The van der Waals surface area contributed by atoms with Gasteiger partial charge >= 0.3 is 0 Å². The molecule has 5 heteroatoms. The molecule has 1 aromatic heterocycles. The largest absolute Gasteiger partial charge is 0.354 e. The van der Waals surface area contributed by atoms with Crippen molar-refractivity contribution in [2.24, 2.45) is 0 Å². The Labute approximate surface area is 141 Å². The zero-order valence-corrected chi connectivity index (χ0v) is 13.5. The average molecular weight is 323 g/mol. The molecule has 1 atom stereocenters. The maximum Gasteiger partial charge on any atom is 0.223 e. The van der Waals surface area contributed by atoms with Crippen molar-refractivity contribution < 1.29 is 9.59 Å². The van der Waals surface area contributed by atoms with Gasteiger partial charge in [0.1, 0.15) is 0 Å². The lowest BCUT2D eigenvalue weighted by atomic mass is 10.0. The van der Waals surface area contributed by atoms with Gasteiger partial charge in [0.2, 0.25) is 11.8 Å². The fourth-order valence-corrected chi connectivity index (χ4v) is 3.05. The van der Waals surface area contributed by atoms with Gasteiger partial charge in [0.05, 0.1) is 12.5 Å². The van der Waals surface area contributed by atoms with E-state index in [-0.39, 0.29) is 17.9 Å². The first-order valence-corrected chi connectivity index (χ1v) is 8.24. The van der Waals surface area contributed by atoms with Crippen molar-refractivity contribution in [3.8, 4) is 0 Å². The zero-order chi connectivity index (χ0) is 16.8. The number of nitrogens with zero attached hydrogens (tertiary/aromatic N) is 2. The first-order valence-electron chi connectivity index (χ1n) is 8.24. The number of benzene rings is 1. The summed E-state index contributed by atoms with van der Waals surface area (Å²) in [5.41, 5.74) is 2.10. The second-order valence-electron chi connectivity index (χ2n) is 5.92. The Morgan fingerprint density at radius 2 is 1.92 bits per heavy atom. The lowest BCUT2D eigenvalue weighted by Gasteiger charge is -2.29. The van der Waals surface area contributed by atoms with Crippen LogP contribution in [-0.4, -0.2) is 34.8 Å². The first-order chi connectivity index (χ1) is 11.7. The summed E-state index contributed by atoms with van der Waals surface area (Å²) in [6.07, 6.45) is 4.90. The molecule has 1 N–H and O–H groups in total. The SMILES string of the molecule is O=C1CC(c2ccccc2)N(C(=O)CCc2ccncc2)CCN1. The molecule has 1 fully saturated rings. The molecule has 1 unspecified atom stereocenters. The molecule has 1 aliphatic heterocycles. The highest BCUT2D eigenvalue weighted by Crippen LogP contribution is 2.26. The minimum Gasteiger partial charge on any atom is -0.354 e. The molecule has 3 rings (SSSR count). The molecule has 0 radical (unpaired) electrons. The molecule has 1 aromatic carbocycles. The predicted octanol–water partition coefficient (Wildman–Crippen LogP) is 2.10. The molecule has 24 heavy (non-hydrogen) atoms. The third-order valence-corrected chi connectivity index (χ3v) is 4.31. The number of amides is 2. The predicted molar refractivity (Wildman–Crippen MR) is 91.1 cm³/mol. The second-order valence-corrected chi connectivity index (χ2v) is 5.92. The molecule has 0 bridgehead atoms. The number of aryl methyl sites for hydroxylation is 1. The van der Waals surface area contributed by atoms with Crippen molar-refractivity contribution in [3.63, 3.8) is 0 Å². The van der Waals surface area contributed by atoms with Crippen LogP contribution in [0.15, 0.2) is 54.9 Å². The third-order valence-electron chi connectivity index (χ3n) is 4.31. The summed E-state index contributed by atoms with van der Waals surface area (Å²) in [5, 5.41) is 2.86. The van der Waals surface area contributed by atoms with E-state index in [4.69, 9.17) is 0 Å². The molecule has 2 aromatic rings. The molecule has 0 spiro atoms. The Balaban J connectivity index is 1.74. The summed E-state index contributed by atoms with van der Waals surface area (Å²) in [4.78, 5) is 30.6. The number of carbonyl (C=O) groups is 2. The highest BCUT2D eigenvalue weighted by Gasteiger charge is 2.29. The molecule has 1 saturated heterocycles. The van der Waals surface area contributed by atoms with Gasteiger partial charge in [-0.25, -0.2) is 0 Å². The molecule has 124 valence electrons. The molecule has 0 saturated carbocycles. The van der Waals surface area contributed by atoms with Gasteiger partial charge in [0.25, 0.3) is 0 Å². The van der Waals surface area contributed by atoms with E-state index in [1.54, 1.807) is 12.4 Å². The highest BCUT2D eigenvalue weighted by molar-refractivity contribution is 5.81. The molecule has 2 heterocycles. The van der Waals surface area contributed by atoms with Gasteiger partial charge in [-0.15, -0.1) is 0 Å². The maximum atomic E-state index is 12.8. The molecule has 2 amide bonds. The van der Waals surface area contributed by atoms with Crippen molar-refractivity contribution in [1.82, 2.24) is 15.2 Å². The van der Waals surface area contributed by atoms with E-state index in [0.29, 0.717) is 32.4 Å². The number of hydrogen-bond donors (Lipinski definition) is 1. The quantitative estimate of drug-likeness (QED) is 0.937. The topological polar surface area (TPSA) is 62.3 Å². The van der Waals surface area contributed by atoms with Crippen LogP contribution in [0.5, 0.6) is 0 Å². The molecule has 0 aliphatic carbocycles. The Bertz CT molecular complexity index is 688. The van der Waals surface area contributed by atoms with Crippen molar-refractivity contribution in [1.29, 1.82) is 0 Å². The maximum absolute atomic E-state index is 12.8. The number of rotatable bonds is 4. The van der Waals surface area contributed by atoms with Crippen LogP contribution in [-0.2, 0) is 16.0 Å². The molecular formula is C19H21N3O2. The summed E-state index contributed by atoms with van der Waals surface area (Å²) in [6.45, 7) is 1.05. The van der Waals surface area contributed by atoms with Crippen molar-refractivity contribution in [3.05, 3.63) is 66.0 Å². The average Bonchev–Trinajstić information content (AvgIpc) is 2.83. The number of pyridine rings is 1. The van der Waals surface area contributed by atoms with Crippen molar-refractivity contribution in [2.75, 3.05) is 13.1 Å². The lowest BCUT2D eigenvalue weighted by molar-refractivity contribution is -0.133. The van der Waals surface area contributed by atoms with Gasteiger partial charge in [0.15, 0.2) is 0 Å². The first kappa shape index (κ1) is 16.2. The van der Waals surface area contributed by atoms with E-state index in [2.05, 4.69) is 10.3 Å². The van der Waals surface area contributed by atoms with Gasteiger partial charge in [-0.3, -0.25) is 14.6 Å². The number of aromatic nitrogens is 1. The number of carbonyl (C=O) groups excluding carboxylic acids is 2. The van der Waals surface area contributed by atoms with Gasteiger partial charge in [-0.1, -0.05) is 30.3 Å². The van der Waals surface area contributed by atoms with Crippen molar-refractivity contribution >= 4 is 11.8 Å². The van der Waals surface area contributed by atoms with E-state index < -0.39 is 0 Å². The Hall–Kier alpha value is -2.69. The monoisotopic (exact) mass is 323 g/mol. The van der Waals surface area contributed by atoms with E-state index >= 15 is 0 Å². The minimum atomic E-state index is -0.196. The molecule has 5 nitrogen and oxygen atoms in total. The Morgan fingerprint density at radius 3 is 2.67 bits per heavy atom. The smallest absolute Gasteiger partial charge is 0.223 e. The molecular weight excluding hydrogens is 302 g/mol. The number of hydrogen-bond acceptors (Lipinski definition) is 3. The highest BCUT2D eigenvalue weighted by atomic mass is 16.2. The van der Waals surface area contributed by atoms with E-state index in [1.165, 1.54) is 0 Å². The van der Waals surface area contributed by atoms with Gasteiger partial charge in [-0.05, 0) is 29.7 Å². The molecule has 1 aliphatic rings. The van der Waals surface area contributed by atoms with E-state index in [1.807, 2.05) is 47.4 Å². The van der Waals surface area contributed by atoms with E-state index in [9.17, 15) is 9.59 Å². The standard InChI is InChI=1S/C19H21N3O2/c23-18-14-17(16-4-2-1-3-5-16)22(13-12-21-18)19(24)7-6-15-8-10-20-11-9-15/h1-5,8-11,17H,6-7,12-14H2,(H,21,23). The van der Waals surface area contributed by atoms with Crippen LogP contribution in [0.3, 0.4) is 0 Å².